The van der Waals surface area contributed by atoms with Crippen LogP contribution in [0.1, 0.15) is 63.8 Å². The Labute approximate surface area is 212 Å². The third-order valence-electron chi connectivity index (χ3n) is 7.38. The van der Waals surface area contributed by atoms with Crippen molar-refractivity contribution in [3.63, 3.8) is 0 Å². The molecule has 1 fully saturated rings. The van der Waals surface area contributed by atoms with E-state index in [0.29, 0.717) is 35.3 Å². The first-order chi connectivity index (χ1) is 17.4. The van der Waals surface area contributed by atoms with Crippen LogP contribution in [0, 0.1) is 0 Å². The first-order valence-corrected chi connectivity index (χ1v) is 12.9. The zero-order valence-corrected chi connectivity index (χ0v) is 22.1. The van der Waals surface area contributed by atoms with Crippen molar-refractivity contribution in [1.29, 1.82) is 0 Å². The number of aromatic nitrogens is 3. The molecule has 190 valence electrons. The average Bonchev–Trinajstić information content (AvgIpc) is 3.53. The second-order valence-electron chi connectivity index (χ2n) is 10.2. The maximum absolute atomic E-state index is 6.22. The Morgan fingerprint density at radius 2 is 1.64 bits per heavy atom. The second kappa shape index (κ2) is 9.97. The van der Waals surface area contributed by atoms with Gasteiger partial charge in [0.05, 0.1) is 19.9 Å². The zero-order valence-electron chi connectivity index (χ0n) is 22.1. The van der Waals surface area contributed by atoms with Crippen LogP contribution in [0.4, 0.5) is 0 Å². The fraction of sp³-hybridized carbons (Fsp3) is 0.448. The van der Waals surface area contributed by atoms with Crippen LogP contribution in [0.2, 0.25) is 0 Å². The van der Waals surface area contributed by atoms with Crippen LogP contribution in [0.25, 0.3) is 33.6 Å². The third-order valence-corrected chi connectivity index (χ3v) is 7.38. The third kappa shape index (κ3) is 4.48. The number of aromatic amines is 1. The van der Waals surface area contributed by atoms with E-state index in [1.807, 2.05) is 12.1 Å². The van der Waals surface area contributed by atoms with E-state index in [2.05, 4.69) is 72.0 Å². The molecule has 0 radical (unpaired) electrons. The first kappa shape index (κ1) is 24.4. The average molecular weight is 489 g/mol. The number of rotatable bonds is 7. The minimum Gasteiger partial charge on any atom is -0.493 e. The minimum atomic E-state index is 0.307. The van der Waals surface area contributed by atoms with Gasteiger partial charge in [-0.1, -0.05) is 13.8 Å². The molecule has 2 aromatic carbocycles. The lowest BCUT2D eigenvalue weighted by atomic mass is 9.95. The summed E-state index contributed by atoms with van der Waals surface area (Å²) in [6.07, 6.45) is 2.12. The molecule has 1 saturated heterocycles. The van der Waals surface area contributed by atoms with Gasteiger partial charge in [0.2, 0.25) is 11.8 Å². The second-order valence-corrected chi connectivity index (χ2v) is 10.2. The van der Waals surface area contributed by atoms with Gasteiger partial charge in [0.1, 0.15) is 0 Å². The highest BCUT2D eigenvalue weighted by molar-refractivity contribution is 5.94. The molecule has 1 aliphatic rings. The van der Waals surface area contributed by atoms with E-state index in [1.54, 1.807) is 14.2 Å². The van der Waals surface area contributed by atoms with Gasteiger partial charge in [-0.3, -0.25) is 0 Å². The molecule has 3 heterocycles. The molecular weight excluding hydrogens is 452 g/mol. The quantitative estimate of drug-likeness (QED) is 0.315. The van der Waals surface area contributed by atoms with Gasteiger partial charge in [-0.25, -0.2) is 0 Å². The lowest BCUT2D eigenvalue weighted by Crippen LogP contribution is -2.37. The SMILES string of the molecule is COc1ccc(-c2[nH]c3ccc(-c4nnc(C5CCN(C(C)C)CC5)o4)cc3c2C(C)C)cc1OC. The highest BCUT2D eigenvalue weighted by Gasteiger charge is 2.26. The molecule has 7 nitrogen and oxygen atoms in total. The molecule has 2 aromatic heterocycles. The van der Waals surface area contributed by atoms with E-state index in [9.17, 15) is 0 Å². The molecule has 0 saturated carbocycles. The van der Waals surface area contributed by atoms with Crippen LogP contribution >= 0.6 is 0 Å². The van der Waals surface area contributed by atoms with Gasteiger partial charge in [0.15, 0.2) is 11.5 Å². The standard InChI is InChI=1S/C29H36N4O3/c1-17(2)26-22-15-21(29-32-31-28(36-29)19-11-13-33(14-12-19)18(3)4)7-9-23(22)30-27(26)20-8-10-24(34-5)25(16-20)35-6/h7-10,15-19,30H,11-14H2,1-6H3. The highest BCUT2D eigenvalue weighted by atomic mass is 16.5. The van der Waals surface area contributed by atoms with Crippen LogP contribution in [0.3, 0.4) is 0 Å². The van der Waals surface area contributed by atoms with Gasteiger partial charge in [0, 0.05) is 34.0 Å². The molecular formula is C29H36N4O3. The molecule has 1 N–H and O–H groups in total. The Kier molecular flexibility index (Phi) is 6.75. The summed E-state index contributed by atoms with van der Waals surface area (Å²) >= 11 is 0. The summed E-state index contributed by atoms with van der Waals surface area (Å²) in [4.78, 5) is 6.14. The summed E-state index contributed by atoms with van der Waals surface area (Å²) in [6.45, 7) is 11.1. The van der Waals surface area contributed by atoms with E-state index < -0.39 is 0 Å². The predicted octanol–water partition coefficient (Wildman–Crippen LogP) is 6.61. The summed E-state index contributed by atoms with van der Waals surface area (Å²) in [5.41, 5.74) is 5.41. The van der Waals surface area contributed by atoms with Crippen molar-refractivity contribution in [2.24, 2.45) is 0 Å². The van der Waals surface area contributed by atoms with Gasteiger partial charge >= 0.3 is 0 Å². The number of H-pyrrole nitrogens is 1. The van der Waals surface area contributed by atoms with Crippen molar-refractivity contribution in [1.82, 2.24) is 20.1 Å². The summed E-state index contributed by atoms with van der Waals surface area (Å²) in [5, 5.41) is 10.0. The van der Waals surface area contributed by atoms with Gasteiger partial charge in [-0.2, -0.15) is 0 Å². The first-order valence-electron chi connectivity index (χ1n) is 12.9. The van der Waals surface area contributed by atoms with Gasteiger partial charge in [-0.05, 0) is 87.7 Å². The van der Waals surface area contributed by atoms with Crippen molar-refractivity contribution < 1.29 is 13.9 Å². The molecule has 0 atom stereocenters. The number of piperidine rings is 1. The number of nitrogens with zero attached hydrogens (tertiary/aromatic N) is 3. The maximum Gasteiger partial charge on any atom is 0.247 e. The van der Waals surface area contributed by atoms with Gasteiger partial charge < -0.3 is 23.8 Å². The van der Waals surface area contributed by atoms with Crippen molar-refractivity contribution >= 4 is 10.9 Å². The van der Waals surface area contributed by atoms with Gasteiger partial charge in [0.25, 0.3) is 0 Å². The predicted molar refractivity (Wildman–Crippen MR) is 143 cm³/mol. The molecule has 7 heteroatoms. The molecule has 0 spiro atoms. The summed E-state index contributed by atoms with van der Waals surface area (Å²) in [6, 6.07) is 12.9. The smallest absolute Gasteiger partial charge is 0.247 e. The topological polar surface area (TPSA) is 76.4 Å². The molecule has 1 aliphatic heterocycles. The van der Waals surface area contributed by atoms with Crippen LogP contribution in [0.15, 0.2) is 40.8 Å². The lowest BCUT2D eigenvalue weighted by Gasteiger charge is -2.33. The van der Waals surface area contributed by atoms with Gasteiger partial charge in [-0.15, -0.1) is 10.2 Å². The fourth-order valence-electron chi connectivity index (χ4n) is 5.34. The zero-order chi connectivity index (χ0) is 25.4. The molecule has 0 unspecified atom stereocenters. The van der Waals surface area contributed by atoms with E-state index >= 15 is 0 Å². The van der Waals surface area contributed by atoms with Crippen molar-refractivity contribution in [3.8, 4) is 34.2 Å². The largest absolute Gasteiger partial charge is 0.493 e. The van der Waals surface area contributed by atoms with Crippen LogP contribution in [-0.2, 0) is 0 Å². The molecule has 4 aromatic rings. The van der Waals surface area contributed by atoms with Crippen LogP contribution in [0.5, 0.6) is 11.5 Å². The number of hydrogen-bond acceptors (Lipinski definition) is 6. The molecule has 0 aliphatic carbocycles. The Morgan fingerprint density at radius 1 is 0.917 bits per heavy atom. The summed E-state index contributed by atoms with van der Waals surface area (Å²) < 4.78 is 17.2. The summed E-state index contributed by atoms with van der Waals surface area (Å²) in [5.74, 6) is 3.41. The lowest BCUT2D eigenvalue weighted by molar-refractivity contribution is 0.163. The number of nitrogens with one attached hydrogen (secondary N) is 1. The Hall–Kier alpha value is -3.32. The summed E-state index contributed by atoms with van der Waals surface area (Å²) in [7, 11) is 3.31. The van der Waals surface area contributed by atoms with E-state index in [4.69, 9.17) is 13.9 Å². The molecule has 0 amide bonds. The Balaban J connectivity index is 1.48. The maximum atomic E-state index is 6.22. The van der Waals surface area contributed by atoms with Crippen molar-refractivity contribution in [3.05, 3.63) is 47.9 Å². The highest BCUT2D eigenvalue weighted by Crippen LogP contribution is 2.40. The molecule has 5 rings (SSSR count). The Bertz CT molecular complexity index is 1350. The Morgan fingerprint density at radius 3 is 2.31 bits per heavy atom. The normalized spacial score (nSPS) is 15.3. The molecule has 0 bridgehead atoms. The fourth-order valence-corrected chi connectivity index (χ4v) is 5.34. The number of hydrogen-bond donors (Lipinski definition) is 1. The van der Waals surface area contributed by atoms with Crippen molar-refractivity contribution in [2.75, 3.05) is 27.3 Å². The van der Waals surface area contributed by atoms with Crippen LogP contribution in [-0.4, -0.2) is 53.4 Å². The minimum absolute atomic E-state index is 0.307. The van der Waals surface area contributed by atoms with E-state index in [0.717, 1.165) is 59.5 Å². The number of fused-ring (bicyclic) bond motifs is 1. The van der Waals surface area contributed by atoms with Crippen molar-refractivity contribution in [2.45, 2.75) is 58.4 Å². The number of ether oxygens (including phenoxy) is 2. The number of methoxy groups -OCH3 is 2. The number of benzene rings is 2. The number of likely N-dealkylation sites (tertiary alicyclic amines) is 1. The van der Waals surface area contributed by atoms with E-state index in [-0.39, 0.29) is 0 Å². The molecule has 36 heavy (non-hydrogen) atoms. The van der Waals surface area contributed by atoms with E-state index in [1.165, 1.54) is 5.56 Å². The van der Waals surface area contributed by atoms with Crippen LogP contribution < -0.4 is 9.47 Å². The monoisotopic (exact) mass is 488 g/mol.